The third-order valence-corrected chi connectivity index (χ3v) is 9.26. The number of amides is 2. The van der Waals surface area contributed by atoms with Gasteiger partial charge in [-0.3, -0.25) is 4.79 Å². The first-order chi connectivity index (χ1) is 23.1. The summed E-state index contributed by atoms with van der Waals surface area (Å²) in [7, 11) is 1.57. The number of likely N-dealkylation sites (tertiary alicyclic amines) is 1. The Labute approximate surface area is 290 Å². The first-order valence-corrected chi connectivity index (χ1v) is 17.3. The van der Waals surface area contributed by atoms with Gasteiger partial charge < -0.3 is 29.2 Å². The molecule has 4 rings (SSSR count). The Kier molecular flexibility index (Phi) is 12.0. The lowest BCUT2D eigenvalue weighted by atomic mass is 9.85. The zero-order valence-electron chi connectivity index (χ0n) is 30.4. The number of fused-ring (bicyclic) bond motifs is 1. The molecule has 2 amide bonds. The molecule has 2 heterocycles. The van der Waals surface area contributed by atoms with Crippen LogP contribution in [0.5, 0.6) is 11.6 Å². The van der Waals surface area contributed by atoms with E-state index in [-0.39, 0.29) is 24.4 Å². The van der Waals surface area contributed by atoms with Gasteiger partial charge in [0.2, 0.25) is 11.8 Å². The Hall–Kier alpha value is -4.15. The highest BCUT2D eigenvalue weighted by atomic mass is 16.6. The minimum Gasteiger partial charge on any atom is -0.497 e. The van der Waals surface area contributed by atoms with Crippen LogP contribution in [0.1, 0.15) is 92.7 Å². The number of nitrogens with zero attached hydrogens (tertiary/aromatic N) is 3. The van der Waals surface area contributed by atoms with E-state index in [1.165, 1.54) is 4.90 Å². The van der Waals surface area contributed by atoms with Crippen molar-refractivity contribution in [1.29, 1.82) is 0 Å². The Bertz CT molecular complexity index is 1530. The molecule has 11 heteroatoms. The molecule has 2 fully saturated rings. The van der Waals surface area contributed by atoms with Gasteiger partial charge in [-0.1, -0.05) is 40.3 Å². The highest BCUT2D eigenvalue weighted by Gasteiger charge is 2.51. The fourth-order valence-electron chi connectivity index (χ4n) is 6.67. The number of rotatable bonds is 12. The van der Waals surface area contributed by atoms with Crippen molar-refractivity contribution < 1.29 is 33.3 Å². The number of allylic oxidation sites excluding steroid dienone is 1. The normalized spacial score (nSPS) is 23.1. The number of hydrogen-bond acceptors (Lipinski definition) is 9. The number of alkyl carbamates (subject to hydrolysis) is 1. The van der Waals surface area contributed by atoms with E-state index in [9.17, 15) is 14.4 Å². The van der Waals surface area contributed by atoms with Crippen molar-refractivity contribution in [2.24, 2.45) is 17.3 Å². The second-order valence-electron chi connectivity index (χ2n) is 15.3. The lowest BCUT2D eigenvalue weighted by Gasteiger charge is -2.36. The van der Waals surface area contributed by atoms with Gasteiger partial charge in [-0.05, 0) is 88.8 Å². The molecule has 0 spiro atoms. The minimum atomic E-state index is -0.992. The molecule has 1 aliphatic carbocycles. The van der Waals surface area contributed by atoms with Crippen molar-refractivity contribution in [3.63, 3.8) is 0 Å². The van der Waals surface area contributed by atoms with Gasteiger partial charge in [-0.15, -0.1) is 6.58 Å². The fraction of sp³-hybridized carbons (Fsp3) is 0.605. The number of benzene rings is 1. The van der Waals surface area contributed by atoms with Crippen molar-refractivity contribution in [3.05, 3.63) is 43.1 Å². The Morgan fingerprint density at radius 2 is 1.80 bits per heavy atom. The van der Waals surface area contributed by atoms with Crippen LogP contribution in [-0.2, 0) is 19.1 Å². The molecule has 6 atom stereocenters. The first-order valence-electron chi connectivity index (χ1n) is 17.3. The quantitative estimate of drug-likeness (QED) is 0.145. The molecule has 1 aromatic carbocycles. The van der Waals surface area contributed by atoms with Crippen LogP contribution < -0.4 is 14.8 Å². The number of aromatic nitrogens is 2. The second-order valence-corrected chi connectivity index (χ2v) is 15.3. The van der Waals surface area contributed by atoms with Crippen molar-refractivity contribution >= 4 is 35.1 Å². The molecular weight excluding hydrogens is 624 g/mol. The van der Waals surface area contributed by atoms with E-state index < -0.39 is 53.1 Å². The predicted octanol–water partition coefficient (Wildman–Crippen LogP) is 6.88. The van der Waals surface area contributed by atoms with Crippen LogP contribution in [0, 0.1) is 17.3 Å². The summed E-state index contributed by atoms with van der Waals surface area (Å²) in [5.74, 6) is -0.361. The van der Waals surface area contributed by atoms with E-state index in [1.807, 2.05) is 33.8 Å². The number of nitrogens with one attached hydrogen (secondary N) is 1. The molecule has 0 unspecified atom stereocenters. The van der Waals surface area contributed by atoms with Gasteiger partial charge in [0.05, 0.1) is 24.7 Å². The summed E-state index contributed by atoms with van der Waals surface area (Å²) < 4.78 is 23.6. The standard InChI is InChI=1S/C38H54N4O7/c1-11-13-14-16-24-17-15-18-29(24)48-36(45)41-32(37(4,5)6)34(43)42-22-30(23(3)31(42)35(44)49-38(7,8)9)47-33-26(12-2)39-27-20-19-25(46-10)21-28(27)40-33/h11-12,19-21,23-24,29-32H,1-2,13-18,22H2,3-10H3,(H,41,45)/t23-,24-,29-,30+,31+,32-/m1/s1. The zero-order chi connectivity index (χ0) is 36.1. The molecule has 1 saturated heterocycles. The van der Waals surface area contributed by atoms with E-state index in [2.05, 4.69) is 23.5 Å². The molecule has 1 aliphatic heterocycles. The summed E-state index contributed by atoms with van der Waals surface area (Å²) in [6.45, 7) is 20.5. The molecule has 2 aromatic rings. The molecule has 2 aliphatic rings. The topological polar surface area (TPSA) is 129 Å². The van der Waals surface area contributed by atoms with Gasteiger partial charge in [0.1, 0.15) is 41.3 Å². The van der Waals surface area contributed by atoms with Crippen LogP contribution in [0.15, 0.2) is 37.4 Å². The smallest absolute Gasteiger partial charge is 0.408 e. The first kappa shape index (κ1) is 37.7. The van der Waals surface area contributed by atoms with Crippen LogP contribution in [0.3, 0.4) is 0 Å². The molecular formula is C38H54N4O7. The van der Waals surface area contributed by atoms with E-state index in [0.717, 1.165) is 38.5 Å². The van der Waals surface area contributed by atoms with E-state index in [4.69, 9.17) is 23.9 Å². The summed E-state index contributed by atoms with van der Waals surface area (Å²) in [5.41, 5.74) is 0.114. The van der Waals surface area contributed by atoms with Crippen LogP contribution in [0.2, 0.25) is 0 Å². The highest BCUT2D eigenvalue weighted by Crippen LogP contribution is 2.35. The minimum absolute atomic E-state index is 0.0512. The molecule has 1 N–H and O–H groups in total. The van der Waals surface area contributed by atoms with Gasteiger partial charge in [0.25, 0.3) is 0 Å². The third-order valence-electron chi connectivity index (χ3n) is 9.26. The van der Waals surface area contributed by atoms with E-state index in [1.54, 1.807) is 52.2 Å². The van der Waals surface area contributed by atoms with Crippen LogP contribution in [0.25, 0.3) is 17.1 Å². The largest absolute Gasteiger partial charge is 0.497 e. The number of esters is 1. The Morgan fingerprint density at radius 1 is 1.06 bits per heavy atom. The van der Waals surface area contributed by atoms with E-state index in [0.29, 0.717) is 22.5 Å². The monoisotopic (exact) mass is 678 g/mol. The summed E-state index contributed by atoms with van der Waals surface area (Å²) in [4.78, 5) is 52.5. The van der Waals surface area contributed by atoms with Crippen molar-refractivity contribution in [2.45, 2.75) is 117 Å². The number of ether oxygens (including phenoxy) is 4. The molecule has 49 heavy (non-hydrogen) atoms. The molecule has 0 bridgehead atoms. The van der Waals surface area contributed by atoms with Crippen LogP contribution in [0.4, 0.5) is 4.79 Å². The van der Waals surface area contributed by atoms with Gasteiger partial charge >= 0.3 is 12.1 Å². The molecule has 11 nitrogen and oxygen atoms in total. The average Bonchev–Trinajstić information content (AvgIpc) is 3.60. The van der Waals surface area contributed by atoms with Crippen molar-refractivity contribution in [2.75, 3.05) is 13.7 Å². The van der Waals surface area contributed by atoms with Gasteiger partial charge in [0.15, 0.2) is 0 Å². The fourth-order valence-corrected chi connectivity index (χ4v) is 6.67. The number of methoxy groups -OCH3 is 1. The summed E-state index contributed by atoms with van der Waals surface area (Å²) in [6, 6.07) is 3.38. The Morgan fingerprint density at radius 3 is 2.43 bits per heavy atom. The van der Waals surface area contributed by atoms with Crippen molar-refractivity contribution in [1.82, 2.24) is 20.2 Å². The lowest BCUT2D eigenvalue weighted by molar-refractivity contribution is -0.165. The van der Waals surface area contributed by atoms with Crippen LogP contribution in [-0.4, -0.2) is 76.4 Å². The number of carbonyl (C=O) groups is 3. The van der Waals surface area contributed by atoms with Gasteiger partial charge in [0, 0.05) is 12.0 Å². The summed E-state index contributed by atoms with van der Waals surface area (Å²) >= 11 is 0. The Balaban J connectivity index is 1.61. The van der Waals surface area contributed by atoms with Crippen LogP contribution >= 0.6 is 0 Å². The lowest BCUT2D eigenvalue weighted by Crippen LogP contribution is -2.58. The summed E-state index contributed by atoms with van der Waals surface area (Å²) in [6.07, 6.45) is 7.62. The predicted molar refractivity (Wildman–Crippen MR) is 189 cm³/mol. The molecule has 0 radical (unpaired) electrons. The zero-order valence-corrected chi connectivity index (χ0v) is 30.4. The molecule has 268 valence electrons. The van der Waals surface area contributed by atoms with Gasteiger partial charge in [-0.25, -0.2) is 19.6 Å². The highest BCUT2D eigenvalue weighted by molar-refractivity contribution is 5.91. The second kappa shape index (κ2) is 15.6. The molecule has 1 aromatic heterocycles. The average molecular weight is 679 g/mol. The number of carbonyl (C=O) groups excluding carboxylic acids is 3. The van der Waals surface area contributed by atoms with E-state index >= 15 is 0 Å². The van der Waals surface area contributed by atoms with Gasteiger partial charge in [-0.2, -0.15) is 0 Å². The maximum Gasteiger partial charge on any atom is 0.408 e. The number of unbranched alkanes of at least 4 members (excludes halogenated alkanes) is 1. The number of hydrogen-bond donors (Lipinski definition) is 1. The SMILES string of the molecule is C=CCCC[C@@H]1CCC[C@H]1OC(=O)N[C@H](C(=O)N1C[C@H](Oc2nc3cc(OC)ccc3nc2C=C)[C@@H](C)[C@H]1C(=O)OC(C)(C)C)C(C)(C)C. The van der Waals surface area contributed by atoms with Crippen molar-refractivity contribution in [3.8, 4) is 11.6 Å². The third kappa shape index (κ3) is 9.30. The molecule has 1 saturated carbocycles. The maximum absolute atomic E-state index is 14.5. The maximum atomic E-state index is 14.5. The summed E-state index contributed by atoms with van der Waals surface area (Å²) in [5, 5.41) is 2.88.